The molecule has 2 aromatic carbocycles. The van der Waals surface area contributed by atoms with Crippen LogP contribution in [0.15, 0.2) is 48.5 Å². The first-order chi connectivity index (χ1) is 21.7. The lowest BCUT2D eigenvalue weighted by molar-refractivity contribution is -0.645. The first-order valence-corrected chi connectivity index (χ1v) is 16.3. The van der Waals surface area contributed by atoms with Crippen LogP contribution in [-0.4, -0.2) is 43.0 Å². The monoisotopic (exact) mass is 619 g/mol. The van der Waals surface area contributed by atoms with Crippen LogP contribution in [0.1, 0.15) is 76.3 Å². The van der Waals surface area contributed by atoms with E-state index in [0.29, 0.717) is 49.3 Å². The van der Waals surface area contributed by atoms with Crippen LogP contribution in [0.4, 0.5) is 5.69 Å². The van der Waals surface area contributed by atoms with Crippen LogP contribution in [0.5, 0.6) is 5.75 Å². The van der Waals surface area contributed by atoms with E-state index in [0.717, 1.165) is 29.4 Å². The minimum absolute atomic E-state index is 0.0863. The van der Waals surface area contributed by atoms with E-state index in [1.807, 2.05) is 48.5 Å². The molecule has 4 aliphatic carbocycles. The van der Waals surface area contributed by atoms with Gasteiger partial charge in [0.25, 0.3) is 5.79 Å². The minimum atomic E-state index is -0.935. The molecular formula is C35H45N3O7. The molecule has 10 nitrogen and oxygen atoms in total. The zero-order valence-electron chi connectivity index (χ0n) is 26.4. The van der Waals surface area contributed by atoms with Gasteiger partial charge in [-0.1, -0.05) is 24.3 Å². The topological polar surface area (TPSA) is 124 Å². The number of benzene rings is 2. The van der Waals surface area contributed by atoms with E-state index in [1.165, 1.54) is 46.0 Å². The summed E-state index contributed by atoms with van der Waals surface area (Å²) < 4.78 is 12.4. The number of amides is 3. The molecular weight excluding hydrogens is 574 g/mol. The Morgan fingerprint density at radius 3 is 2.22 bits per heavy atom. The standard InChI is InChI=1S/C35H45N3O7/c1-22(39)36-14-5-4-9-32(37-23(2)40)33(41)38-30-12-10-24(11-13-30)21-43-31-8-6-7-27(20-31)35(42-3)34(44-45-35)28-16-25-15-26(18-28)19-29(34)17-25/h6-8,10-13,20,25-26,28-29,32H,4-5,9,14-19,21H2,1-3H3,(H,36,39)(H,37,40)(H,38,41). The van der Waals surface area contributed by atoms with Crippen LogP contribution < -0.4 is 20.7 Å². The summed E-state index contributed by atoms with van der Waals surface area (Å²) in [7, 11) is 1.72. The molecule has 1 spiro atoms. The van der Waals surface area contributed by atoms with E-state index in [1.54, 1.807) is 7.11 Å². The second-order valence-corrected chi connectivity index (χ2v) is 13.3. The molecule has 0 radical (unpaired) electrons. The van der Waals surface area contributed by atoms with Crippen molar-refractivity contribution < 1.29 is 33.6 Å². The van der Waals surface area contributed by atoms with Crippen LogP contribution in [0, 0.1) is 23.7 Å². The van der Waals surface area contributed by atoms with Crippen LogP contribution in [0.3, 0.4) is 0 Å². The Morgan fingerprint density at radius 2 is 1.62 bits per heavy atom. The van der Waals surface area contributed by atoms with Gasteiger partial charge in [-0.15, -0.1) is 0 Å². The maximum atomic E-state index is 12.9. The number of nitrogens with one attached hydrogen (secondary N) is 3. The molecule has 2 unspecified atom stereocenters. The number of unbranched alkanes of at least 4 members (excludes halogenated alkanes) is 1. The van der Waals surface area contributed by atoms with Gasteiger partial charge in [0.05, 0.1) is 0 Å². The number of ether oxygens (including phenoxy) is 2. The summed E-state index contributed by atoms with van der Waals surface area (Å²) in [4.78, 5) is 47.7. The lowest BCUT2D eigenvalue weighted by Crippen LogP contribution is -2.76. The molecule has 0 aromatic heterocycles. The number of carbonyl (C=O) groups is 3. The average molecular weight is 620 g/mol. The minimum Gasteiger partial charge on any atom is -0.489 e. The van der Waals surface area contributed by atoms with Crippen LogP contribution in [0.25, 0.3) is 0 Å². The number of carbonyl (C=O) groups excluding carboxylic acids is 3. The predicted octanol–water partition coefficient (Wildman–Crippen LogP) is 4.97. The number of methoxy groups -OCH3 is 1. The molecule has 3 N–H and O–H groups in total. The predicted molar refractivity (Wildman–Crippen MR) is 167 cm³/mol. The fraction of sp³-hybridized carbons (Fsp3) is 0.571. The zero-order valence-corrected chi connectivity index (χ0v) is 26.4. The van der Waals surface area contributed by atoms with Crippen molar-refractivity contribution in [3.8, 4) is 5.75 Å². The second kappa shape index (κ2) is 13.1. The first-order valence-electron chi connectivity index (χ1n) is 16.3. The third kappa shape index (κ3) is 6.20. The molecule has 2 atom stereocenters. The fourth-order valence-electron chi connectivity index (χ4n) is 8.48. The molecule has 1 saturated heterocycles. The molecule has 4 bridgehead atoms. The van der Waals surface area contributed by atoms with Crippen molar-refractivity contribution in [3.63, 3.8) is 0 Å². The molecule has 45 heavy (non-hydrogen) atoms. The third-order valence-corrected chi connectivity index (χ3v) is 10.3. The number of hydrogen-bond donors (Lipinski definition) is 3. The van der Waals surface area contributed by atoms with Gasteiger partial charge in [-0.2, -0.15) is 4.89 Å². The largest absolute Gasteiger partial charge is 0.489 e. The number of anilines is 1. The molecule has 1 heterocycles. The molecule has 10 heteroatoms. The third-order valence-electron chi connectivity index (χ3n) is 10.3. The van der Waals surface area contributed by atoms with Crippen molar-refractivity contribution >= 4 is 23.4 Å². The maximum Gasteiger partial charge on any atom is 0.260 e. The zero-order chi connectivity index (χ0) is 31.6. The van der Waals surface area contributed by atoms with Gasteiger partial charge >= 0.3 is 0 Å². The van der Waals surface area contributed by atoms with Gasteiger partial charge in [0.1, 0.15) is 18.4 Å². The fourth-order valence-corrected chi connectivity index (χ4v) is 8.48. The van der Waals surface area contributed by atoms with Crippen molar-refractivity contribution in [2.24, 2.45) is 23.7 Å². The Kier molecular flexibility index (Phi) is 9.17. The molecule has 242 valence electrons. The Bertz CT molecular complexity index is 1360. The van der Waals surface area contributed by atoms with Crippen molar-refractivity contribution in [2.45, 2.75) is 89.3 Å². The summed E-state index contributed by atoms with van der Waals surface area (Å²) in [5.41, 5.74) is 2.05. The van der Waals surface area contributed by atoms with Gasteiger partial charge < -0.3 is 25.4 Å². The molecule has 5 fully saturated rings. The highest BCUT2D eigenvalue weighted by molar-refractivity contribution is 5.96. The summed E-state index contributed by atoms with van der Waals surface area (Å²) in [6.45, 7) is 3.75. The Morgan fingerprint density at radius 1 is 0.911 bits per heavy atom. The first kappa shape index (κ1) is 31.5. The van der Waals surface area contributed by atoms with Crippen molar-refractivity contribution in [2.75, 3.05) is 19.0 Å². The lowest BCUT2D eigenvalue weighted by atomic mass is 9.47. The molecule has 7 rings (SSSR count). The summed E-state index contributed by atoms with van der Waals surface area (Å²) in [6.07, 6.45) is 7.97. The van der Waals surface area contributed by atoms with Crippen molar-refractivity contribution in [3.05, 3.63) is 59.7 Å². The van der Waals surface area contributed by atoms with E-state index in [-0.39, 0.29) is 17.7 Å². The van der Waals surface area contributed by atoms with Crippen molar-refractivity contribution in [1.29, 1.82) is 0 Å². The summed E-state index contributed by atoms with van der Waals surface area (Å²) in [6, 6.07) is 14.8. The highest BCUT2D eigenvalue weighted by Crippen LogP contribution is 2.69. The SMILES string of the molecule is COC1(c2cccc(OCc3ccc(NC(=O)C(CCCCNC(C)=O)NC(C)=O)cc3)c2)OOC12C1CC3CC(C1)CC2C3. The van der Waals surface area contributed by atoms with Gasteiger partial charge in [0.15, 0.2) is 5.60 Å². The van der Waals surface area contributed by atoms with Gasteiger partial charge in [0.2, 0.25) is 17.7 Å². The van der Waals surface area contributed by atoms with E-state index < -0.39 is 17.4 Å². The quantitative estimate of drug-likeness (QED) is 0.214. The Labute approximate surface area is 264 Å². The van der Waals surface area contributed by atoms with E-state index >= 15 is 0 Å². The normalized spacial score (nSPS) is 29.9. The number of hydrogen-bond acceptors (Lipinski definition) is 7. The maximum absolute atomic E-state index is 12.9. The highest BCUT2D eigenvalue weighted by Gasteiger charge is 2.76. The lowest BCUT2D eigenvalue weighted by Gasteiger charge is -2.68. The van der Waals surface area contributed by atoms with E-state index in [9.17, 15) is 14.4 Å². The Balaban J connectivity index is 1.05. The van der Waals surface area contributed by atoms with E-state index in [2.05, 4.69) is 16.0 Å². The van der Waals surface area contributed by atoms with Crippen LogP contribution in [-0.2, 0) is 41.3 Å². The molecule has 1 aliphatic heterocycles. The Hall–Kier alpha value is -3.47. The molecule has 5 aliphatic rings. The number of rotatable bonds is 13. The summed E-state index contributed by atoms with van der Waals surface area (Å²) in [5.74, 6) is 1.63. The highest BCUT2D eigenvalue weighted by atomic mass is 17.3. The van der Waals surface area contributed by atoms with Gasteiger partial charge in [-0.25, -0.2) is 4.89 Å². The molecule has 2 aromatic rings. The second-order valence-electron chi connectivity index (χ2n) is 13.3. The van der Waals surface area contributed by atoms with Gasteiger partial charge in [0, 0.05) is 38.8 Å². The molecule has 4 saturated carbocycles. The summed E-state index contributed by atoms with van der Waals surface area (Å²) >= 11 is 0. The van der Waals surface area contributed by atoms with Crippen LogP contribution >= 0.6 is 0 Å². The van der Waals surface area contributed by atoms with E-state index in [4.69, 9.17) is 19.2 Å². The van der Waals surface area contributed by atoms with Crippen molar-refractivity contribution in [1.82, 2.24) is 10.6 Å². The average Bonchev–Trinajstić information content (AvgIpc) is 2.99. The smallest absolute Gasteiger partial charge is 0.260 e. The van der Waals surface area contributed by atoms with Gasteiger partial charge in [-0.05, 0) is 105 Å². The van der Waals surface area contributed by atoms with Crippen LogP contribution in [0.2, 0.25) is 0 Å². The summed E-state index contributed by atoms with van der Waals surface area (Å²) in [5, 5.41) is 8.37. The molecule has 3 amide bonds. The van der Waals surface area contributed by atoms with Gasteiger partial charge in [-0.3, -0.25) is 14.4 Å².